The summed E-state index contributed by atoms with van der Waals surface area (Å²) in [5.74, 6) is -1.80. The van der Waals surface area contributed by atoms with E-state index in [0.29, 0.717) is 5.02 Å². The van der Waals surface area contributed by atoms with E-state index in [1.165, 1.54) is 23.0 Å². The van der Waals surface area contributed by atoms with Gasteiger partial charge in [-0.2, -0.15) is 5.10 Å². The first-order chi connectivity index (χ1) is 22.9. The molecular weight excluding hydrogens is 705 g/mol. The Hall–Kier alpha value is -4.13. The van der Waals surface area contributed by atoms with Crippen LogP contribution >= 0.6 is 34.8 Å². The first-order valence-electron chi connectivity index (χ1n) is 14.2. The number of amides is 2. The maximum absolute atomic E-state index is 14.3. The van der Waals surface area contributed by atoms with E-state index < -0.39 is 65.9 Å². The van der Waals surface area contributed by atoms with Crippen molar-refractivity contribution in [2.45, 2.75) is 43.8 Å². The summed E-state index contributed by atoms with van der Waals surface area (Å²) in [6, 6.07) is 5.15. The van der Waals surface area contributed by atoms with E-state index in [-0.39, 0.29) is 53.1 Å². The topological polar surface area (TPSA) is 199 Å². The van der Waals surface area contributed by atoms with Crippen molar-refractivity contribution in [2.24, 2.45) is 0 Å². The number of aromatic nitrogens is 6. The molecule has 0 radical (unpaired) electrons. The van der Waals surface area contributed by atoms with E-state index in [2.05, 4.69) is 31.0 Å². The van der Waals surface area contributed by atoms with E-state index in [1.54, 1.807) is 13.0 Å². The van der Waals surface area contributed by atoms with Gasteiger partial charge in [-0.3, -0.25) is 0 Å². The number of rotatable bonds is 10. The van der Waals surface area contributed by atoms with Crippen LogP contribution in [0.3, 0.4) is 0 Å². The van der Waals surface area contributed by atoms with Crippen LogP contribution < -0.4 is 10.6 Å². The van der Waals surface area contributed by atoms with Crippen molar-refractivity contribution in [3.05, 3.63) is 74.9 Å². The highest BCUT2D eigenvalue weighted by molar-refractivity contribution is 6.34. The number of halogens is 5. The van der Waals surface area contributed by atoms with Gasteiger partial charge < -0.3 is 35.4 Å². The van der Waals surface area contributed by atoms with Crippen molar-refractivity contribution in [2.75, 3.05) is 19.7 Å². The van der Waals surface area contributed by atoms with E-state index in [4.69, 9.17) is 49.4 Å². The number of aliphatic hydroxyl groups excluding tert-OH is 2. The SMILES string of the molecule is Cc1nc([C@@H]2O[C@H](CO)[C@H](O)[C@H](n3cc(-c4cc(F)c(Cl)c(F)c4)nn3)[C@H]2OC(=O)NCCCNC(=O)O)n(-c2cc(Cl)ccc2Cl)n1. The highest BCUT2D eigenvalue weighted by Gasteiger charge is 2.51. The van der Waals surface area contributed by atoms with E-state index in [9.17, 15) is 28.6 Å². The molecule has 5 atom stereocenters. The summed E-state index contributed by atoms with van der Waals surface area (Å²) in [4.78, 5) is 28.4. The zero-order valence-corrected chi connectivity index (χ0v) is 27.0. The standard InChI is InChI=1S/C28H27Cl3F2N8O7/c1-12-36-26(41(38-12)19-9-14(29)3-4-15(19)30)25-24(48-28(46)35-6-2-5-34-27(44)45)22(23(43)20(11-42)47-25)40-10-18(37-39-40)13-7-16(32)21(31)17(33)8-13/h3-4,7-10,20,22-25,34,42-43H,2,5-6,11H2,1H3,(H,35,46)(H,44,45)/t20-,22+,23+,24-,25-/m1/s1. The number of carbonyl (C=O) groups is 2. The largest absolute Gasteiger partial charge is 0.465 e. The first-order valence-corrected chi connectivity index (χ1v) is 15.3. The van der Waals surface area contributed by atoms with Gasteiger partial charge in [-0.05, 0) is 43.7 Å². The van der Waals surface area contributed by atoms with Crippen LogP contribution in [0.2, 0.25) is 15.1 Å². The molecule has 2 aromatic heterocycles. The molecule has 2 amide bonds. The molecule has 15 nitrogen and oxygen atoms in total. The normalized spacial score (nSPS) is 20.8. The molecule has 0 unspecified atom stereocenters. The number of benzene rings is 2. The number of carboxylic acid groups (broad SMARTS) is 1. The molecule has 48 heavy (non-hydrogen) atoms. The molecule has 20 heteroatoms. The number of nitrogens with zero attached hydrogens (tertiary/aromatic N) is 6. The zero-order valence-electron chi connectivity index (χ0n) is 24.7. The molecule has 0 bridgehead atoms. The summed E-state index contributed by atoms with van der Waals surface area (Å²) in [6.45, 7) is 0.919. The second-order valence-electron chi connectivity index (χ2n) is 10.5. The Morgan fingerprint density at radius 2 is 1.81 bits per heavy atom. The van der Waals surface area contributed by atoms with Gasteiger partial charge in [0.15, 0.2) is 18.0 Å². The Balaban J connectivity index is 1.57. The van der Waals surface area contributed by atoms with Crippen molar-refractivity contribution in [1.29, 1.82) is 0 Å². The van der Waals surface area contributed by atoms with Crippen LogP contribution in [0, 0.1) is 18.6 Å². The molecule has 4 aromatic rings. The molecule has 256 valence electrons. The van der Waals surface area contributed by atoms with Crippen LogP contribution in [0.1, 0.15) is 30.2 Å². The Morgan fingerprint density at radius 3 is 2.50 bits per heavy atom. The number of nitrogens with one attached hydrogen (secondary N) is 2. The third-order valence-electron chi connectivity index (χ3n) is 7.23. The maximum atomic E-state index is 14.3. The van der Waals surface area contributed by atoms with Gasteiger partial charge in [0.2, 0.25) is 0 Å². The number of ether oxygens (including phenoxy) is 2. The van der Waals surface area contributed by atoms with Crippen molar-refractivity contribution in [1.82, 2.24) is 40.4 Å². The lowest BCUT2D eigenvalue weighted by Gasteiger charge is -2.43. The Morgan fingerprint density at radius 1 is 1.10 bits per heavy atom. The fourth-order valence-electron chi connectivity index (χ4n) is 5.08. The maximum Gasteiger partial charge on any atom is 0.407 e. The molecule has 0 saturated carbocycles. The fourth-order valence-corrected chi connectivity index (χ4v) is 5.55. The third-order valence-corrected chi connectivity index (χ3v) is 8.15. The monoisotopic (exact) mass is 730 g/mol. The minimum absolute atomic E-state index is 0.00156. The zero-order chi connectivity index (χ0) is 34.7. The van der Waals surface area contributed by atoms with Crippen molar-refractivity contribution >= 4 is 47.0 Å². The summed E-state index contributed by atoms with van der Waals surface area (Å²) >= 11 is 18.3. The summed E-state index contributed by atoms with van der Waals surface area (Å²) in [7, 11) is 0. The molecule has 0 aliphatic carbocycles. The van der Waals surface area contributed by atoms with Gasteiger partial charge >= 0.3 is 12.2 Å². The van der Waals surface area contributed by atoms with Gasteiger partial charge in [-0.15, -0.1) is 5.10 Å². The van der Waals surface area contributed by atoms with Gasteiger partial charge in [-0.1, -0.05) is 40.0 Å². The van der Waals surface area contributed by atoms with E-state index >= 15 is 0 Å². The number of alkyl carbamates (subject to hydrolysis) is 1. The number of aliphatic hydroxyl groups is 2. The van der Waals surface area contributed by atoms with Crippen LogP contribution in [-0.4, -0.2) is 95.3 Å². The molecule has 3 heterocycles. The highest BCUT2D eigenvalue weighted by atomic mass is 35.5. The second-order valence-corrected chi connectivity index (χ2v) is 11.7. The fraction of sp³-hybridized carbons (Fsp3) is 0.357. The predicted molar refractivity (Wildman–Crippen MR) is 165 cm³/mol. The van der Waals surface area contributed by atoms with Crippen molar-refractivity contribution in [3.63, 3.8) is 0 Å². The Labute approximate surface area is 285 Å². The lowest BCUT2D eigenvalue weighted by molar-refractivity contribution is -0.210. The number of aryl methyl sites for hydroxylation is 1. The molecule has 1 aliphatic rings. The molecule has 5 N–H and O–H groups in total. The highest BCUT2D eigenvalue weighted by Crippen LogP contribution is 2.41. The molecule has 0 spiro atoms. The van der Waals surface area contributed by atoms with Gasteiger partial charge in [0.1, 0.15) is 46.4 Å². The average molecular weight is 732 g/mol. The minimum Gasteiger partial charge on any atom is -0.465 e. The van der Waals surface area contributed by atoms with Gasteiger partial charge in [0.05, 0.1) is 23.5 Å². The first kappa shape index (κ1) is 35.2. The summed E-state index contributed by atoms with van der Waals surface area (Å²) in [5.41, 5.74) is 0.225. The van der Waals surface area contributed by atoms with Crippen LogP contribution in [0.4, 0.5) is 18.4 Å². The quantitative estimate of drug-likeness (QED) is 0.117. The molecule has 1 aliphatic heterocycles. The lowest BCUT2D eigenvalue weighted by atomic mass is 9.91. The number of hydrogen-bond donors (Lipinski definition) is 5. The molecule has 5 rings (SSSR count). The lowest BCUT2D eigenvalue weighted by Crippen LogP contribution is -2.55. The smallest absolute Gasteiger partial charge is 0.407 e. The van der Waals surface area contributed by atoms with E-state index in [1.807, 2.05) is 0 Å². The van der Waals surface area contributed by atoms with Crippen LogP contribution in [0.25, 0.3) is 16.9 Å². The van der Waals surface area contributed by atoms with Gasteiger partial charge in [0.25, 0.3) is 0 Å². The average Bonchev–Trinajstić information content (AvgIpc) is 3.68. The minimum atomic E-state index is -1.59. The second kappa shape index (κ2) is 15.0. The van der Waals surface area contributed by atoms with Gasteiger partial charge in [0, 0.05) is 23.7 Å². The summed E-state index contributed by atoms with van der Waals surface area (Å²) < 4.78 is 42.9. The van der Waals surface area contributed by atoms with Crippen LogP contribution in [0.15, 0.2) is 36.5 Å². The number of hydrogen-bond acceptors (Lipinski definition) is 10. The predicted octanol–water partition coefficient (Wildman–Crippen LogP) is 3.86. The van der Waals surface area contributed by atoms with Crippen molar-refractivity contribution in [3.8, 4) is 16.9 Å². The van der Waals surface area contributed by atoms with Crippen LogP contribution in [-0.2, 0) is 9.47 Å². The van der Waals surface area contributed by atoms with Gasteiger partial charge in [-0.25, -0.2) is 32.7 Å². The Kier molecular flexibility index (Phi) is 11.0. The van der Waals surface area contributed by atoms with Crippen LogP contribution in [0.5, 0.6) is 0 Å². The Bertz CT molecular complexity index is 1790. The molecule has 2 aromatic carbocycles. The summed E-state index contributed by atoms with van der Waals surface area (Å²) in [6.07, 6.45) is -6.49. The summed E-state index contributed by atoms with van der Waals surface area (Å²) in [5, 5.41) is 47.4. The third kappa shape index (κ3) is 7.61. The van der Waals surface area contributed by atoms with E-state index in [0.717, 1.165) is 16.8 Å². The molecule has 1 saturated heterocycles. The van der Waals surface area contributed by atoms with Crippen molar-refractivity contribution < 1.29 is 43.2 Å². The molecular formula is C28H27Cl3F2N8O7. The number of carbonyl (C=O) groups excluding carboxylic acids is 1. The molecule has 1 fully saturated rings.